The number of carbonyl (C=O) groups is 2. The van der Waals surface area contributed by atoms with E-state index in [4.69, 9.17) is 5.11 Å². The van der Waals surface area contributed by atoms with Crippen LogP contribution in [0.1, 0.15) is 32.6 Å². The average molecular weight is 267 g/mol. The largest absolute Gasteiger partial charge is 0.480 e. The van der Waals surface area contributed by atoms with Gasteiger partial charge in [0.25, 0.3) is 6.43 Å². The van der Waals surface area contributed by atoms with Gasteiger partial charge in [0.2, 0.25) is 5.91 Å². The van der Waals surface area contributed by atoms with Gasteiger partial charge in [-0.3, -0.25) is 4.79 Å². The summed E-state index contributed by atoms with van der Waals surface area (Å²) in [6, 6.07) is -0.924. The van der Waals surface area contributed by atoms with Gasteiger partial charge in [0, 0.05) is 6.42 Å². The monoisotopic (exact) mass is 267 g/mol. The molecule has 0 aliphatic carbocycles. The first-order valence-corrected chi connectivity index (χ1v) is 5.85. The van der Waals surface area contributed by atoms with Crippen molar-refractivity contribution in [2.75, 3.05) is 13.2 Å². The maximum Gasteiger partial charge on any atom is 0.326 e. The SMILES string of the molecule is CCCC[C@H](NC(=O)CCOCC(F)F)C(=O)O. The van der Waals surface area contributed by atoms with Gasteiger partial charge in [0.15, 0.2) is 0 Å². The molecular weight excluding hydrogens is 248 g/mol. The minimum atomic E-state index is -2.57. The Morgan fingerprint density at radius 1 is 1.39 bits per heavy atom. The number of alkyl halides is 2. The number of carboxylic acid groups (broad SMARTS) is 1. The topological polar surface area (TPSA) is 75.6 Å². The van der Waals surface area contributed by atoms with E-state index in [2.05, 4.69) is 10.1 Å². The molecule has 0 aromatic carbocycles. The van der Waals surface area contributed by atoms with Crippen LogP contribution in [0.2, 0.25) is 0 Å². The fourth-order valence-corrected chi connectivity index (χ4v) is 1.27. The lowest BCUT2D eigenvalue weighted by molar-refractivity contribution is -0.142. The van der Waals surface area contributed by atoms with Gasteiger partial charge >= 0.3 is 5.97 Å². The van der Waals surface area contributed by atoms with Crippen molar-refractivity contribution in [1.29, 1.82) is 0 Å². The van der Waals surface area contributed by atoms with Crippen LogP contribution in [0.15, 0.2) is 0 Å². The molecule has 18 heavy (non-hydrogen) atoms. The number of amides is 1. The summed E-state index contributed by atoms with van der Waals surface area (Å²) >= 11 is 0. The number of nitrogens with one attached hydrogen (secondary N) is 1. The van der Waals surface area contributed by atoms with E-state index in [0.29, 0.717) is 12.8 Å². The molecule has 7 heteroatoms. The third kappa shape index (κ3) is 8.86. The number of rotatable bonds is 10. The van der Waals surface area contributed by atoms with Crippen molar-refractivity contribution in [2.24, 2.45) is 0 Å². The summed E-state index contributed by atoms with van der Waals surface area (Å²) in [6.45, 7) is 1.06. The van der Waals surface area contributed by atoms with Crippen molar-refractivity contribution in [1.82, 2.24) is 5.32 Å². The maximum atomic E-state index is 11.7. The third-order valence-corrected chi connectivity index (χ3v) is 2.20. The smallest absolute Gasteiger partial charge is 0.326 e. The van der Waals surface area contributed by atoms with Crippen molar-refractivity contribution in [2.45, 2.75) is 45.1 Å². The van der Waals surface area contributed by atoms with Gasteiger partial charge in [-0.25, -0.2) is 13.6 Å². The summed E-state index contributed by atoms with van der Waals surface area (Å²) in [5, 5.41) is 11.2. The molecule has 1 atom stereocenters. The van der Waals surface area contributed by atoms with Crippen LogP contribution in [0.4, 0.5) is 8.78 Å². The molecule has 0 saturated carbocycles. The average Bonchev–Trinajstić information content (AvgIpc) is 2.29. The van der Waals surface area contributed by atoms with E-state index in [9.17, 15) is 18.4 Å². The normalized spacial score (nSPS) is 12.4. The molecule has 0 aromatic heterocycles. The fourth-order valence-electron chi connectivity index (χ4n) is 1.27. The minimum absolute atomic E-state index is 0.122. The van der Waals surface area contributed by atoms with E-state index in [0.717, 1.165) is 6.42 Å². The number of unbranched alkanes of at least 4 members (excludes halogenated alkanes) is 1. The second-order valence-electron chi connectivity index (χ2n) is 3.82. The van der Waals surface area contributed by atoms with Crippen molar-refractivity contribution >= 4 is 11.9 Å². The molecule has 106 valence electrons. The Balaban J connectivity index is 3.84. The van der Waals surface area contributed by atoms with Gasteiger partial charge in [-0.05, 0) is 6.42 Å². The van der Waals surface area contributed by atoms with Crippen LogP contribution in [0, 0.1) is 0 Å². The van der Waals surface area contributed by atoms with Crippen LogP contribution >= 0.6 is 0 Å². The van der Waals surface area contributed by atoms with Crippen LogP contribution in [0.3, 0.4) is 0 Å². The molecule has 0 bridgehead atoms. The van der Waals surface area contributed by atoms with E-state index in [1.807, 2.05) is 6.92 Å². The summed E-state index contributed by atoms with van der Waals surface area (Å²) in [4.78, 5) is 22.1. The van der Waals surface area contributed by atoms with E-state index in [1.54, 1.807) is 0 Å². The number of ether oxygens (including phenoxy) is 1. The zero-order valence-electron chi connectivity index (χ0n) is 10.3. The Hall–Kier alpha value is -1.24. The molecule has 0 unspecified atom stereocenters. The van der Waals surface area contributed by atoms with Crippen molar-refractivity contribution in [3.05, 3.63) is 0 Å². The Morgan fingerprint density at radius 3 is 2.56 bits per heavy atom. The molecule has 0 radical (unpaired) electrons. The Morgan fingerprint density at radius 2 is 2.06 bits per heavy atom. The highest BCUT2D eigenvalue weighted by Crippen LogP contribution is 2.01. The molecule has 0 spiro atoms. The molecule has 0 aliphatic rings. The van der Waals surface area contributed by atoms with E-state index in [1.165, 1.54) is 0 Å². The van der Waals surface area contributed by atoms with Gasteiger partial charge in [0.05, 0.1) is 6.61 Å². The number of hydrogen-bond donors (Lipinski definition) is 2. The molecule has 0 aromatic rings. The molecule has 0 saturated heterocycles. The summed E-state index contributed by atoms with van der Waals surface area (Å²) < 4.78 is 28.0. The van der Waals surface area contributed by atoms with Crippen LogP contribution in [-0.4, -0.2) is 42.7 Å². The first kappa shape index (κ1) is 16.8. The van der Waals surface area contributed by atoms with Crippen LogP contribution in [0.5, 0.6) is 0 Å². The number of halogens is 2. The second-order valence-corrected chi connectivity index (χ2v) is 3.82. The Bertz CT molecular complexity index is 261. The van der Waals surface area contributed by atoms with Crippen LogP contribution < -0.4 is 5.32 Å². The van der Waals surface area contributed by atoms with E-state index < -0.39 is 31.0 Å². The third-order valence-electron chi connectivity index (χ3n) is 2.20. The second kappa shape index (κ2) is 9.76. The standard InChI is InChI=1S/C11H19F2NO4/c1-2-3-4-8(11(16)17)14-10(15)5-6-18-7-9(12)13/h8-9H,2-7H2,1H3,(H,14,15)(H,16,17)/t8-/m0/s1. The molecule has 0 rings (SSSR count). The van der Waals surface area contributed by atoms with Crippen molar-refractivity contribution < 1.29 is 28.2 Å². The highest BCUT2D eigenvalue weighted by molar-refractivity contribution is 5.83. The van der Waals surface area contributed by atoms with Gasteiger partial charge in [-0.2, -0.15) is 0 Å². The summed E-state index contributed by atoms with van der Waals surface area (Å²) in [7, 11) is 0. The lowest BCUT2D eigenvalue weighted by atomic mass is 10.1. The number of hydrogen-bond acceptors (Lipinski definition) is 3. The molecule has 2 N–H and O–H groups in total. The summed E-state index contributed by atoms with van der Waals surface area (Å²) in [6.07, 6.45) is -0.807. The molecule has 0 heterocycles. The molecule has 1 amide bonds. The highest BCUT2D eigenvalue weighted by atomic mass is 19.3. The highest BCUT2D eigenvalue weighted by Gasteiger charge is 2.18. The molecule has 0 aliphatic heterocycles. The zero-order chi connectivity index (χ0) is 14.0. The minimum Gasteiger partial charge on any atom is -0.480 e. The zero-order valence-corrected chi connectivity index (χ0v) is 10.3. The predicted octanol–water partition coefficient (Wildman–Crippen LogP) is 1.42. The maximum absolute atomic E-state index is 11.7. The quantitative estimate of drug-likeness (QED) is 0.587. The lowest BCUT2D eigenvalue weighted by Gasteiger charge is -2.14. The lowest BCUT2D eigenvalue weighted by Crippen LogP contribution is -2.41. The van der Waals surface area contributed by atoms with Crippen LogP contribution in [0.25, 0.3) is 0 Å². The number of carboxylic acids is 1. The Kier molecular flexibility index (Phi) is 9.08. The fraction of sp³-hybridized carbons (Fsp3) is 0.818. The molecule has 5 nitrogen and oxygen atoms in total. The predicted molar refractivity (Wildman–Crippen MR) is 60.5 cm³/mol. The summed E-state index contributed by atoms with van der Waals surface area (Å²) in [5.41, 5.74) is 0. The Labute approximate surface area is 105 Å². The van der Waals surface area contributed by atoms with Gasteiger partial charge < -0.3 is 15.2 Å². The van der Waals surface area contributed by atoms with Crippen molar-refractivity contribution in [3.8, 4) is 0 Å². The molecular formula is C11H19F2NO4. The van der Waals surface area contributed by atoms with Gasteiger partial charge in [-0.1, -0.05) is 19.8 Å². The first-order valence-electron chi connectivity index (χ1n) is 5.85. The first-order chi connectivity index (χ1) is 8.47. The summed E-state index contributed by atoms with van der Waals surface area (Å²) in [5.74, 6) is -1.60. The van der Waals surface area contributed by atoms with E-state index in [-0.39, 0.29) is 13.0 Å². The number of carbonyl (C=O) groups excluding carboxylic acids is 1. The molecule has 0 fully saturated rings. The van der Waals surface area contributed by atoms with E-state index >= 15 is 0 Å². The number of aliphatic carboxylic acids is 1. The van der Waals surface area contributed by atoms with Gasteiger partial charge in [-0.15, -0.1) is 0 Å². The van der Waals surface area contributed by atoms with Crippen LogP contribution in [-0.2, 0) is 14.3 Å². The van der Waals surface area contributed by atoms with Gasteiger partial charge in [0.1, 0.15) is 12.6 Å². The van der Waals surface area contributed by atoms with Crippen molar-refractivity contribution in [3.63, 3.8) is 0 Å².